The monoisotopic (exact) mass is 126 g/mol. The first-order valence-corrected chi connectivity index (χ1v) is 3.48. The summed E-state index contributed by atoms with van der Waals surface area (Å²) in [5.41, 5.74) is 0.189. The minimum Gasteiger partial charge on any atom is -0.367 e. The molecule has 0 aromatic carbocycles. The molecule has 9 heavy (non-hydrogen) atoms. The van der Waals surface area contributed by atoms with Gasteiger partial charge in [-0.25, -0.2) is 0 Å². The molecule has 0 amide bonds. The molecule has 0 saturated carbocycles. The van der Waals surface area contributed by atoms with Crippen LogP contribution in [-0.2, 0) is 4.74 Å². The molecule has 1 aliphatic rings. The Morgan fingerprint density at radius 1 is 1.78 bits per heavy atom. The summed E-state index contributed by atoms with van der Waals surface area (Å²) in [5.74, 6) is 0. The van der Waals surface area contributed by atoms with E-state index in [0.29, 0.717) is 6.10 Å². The molecule has 1 fully saturated rings. The Morgan fingerprint density at radius 2 is 2.33 bits per heavy atom. The van der Waals surface area contributed by atoms with Crippen LogP contribution in [0.5, 0.6) is 0 Å². The lowest BCUT2D eigenvalue weighted by atomic mass is 10.0. The van der Waals surface area contributed by atoms with Crippen molar-refractivity contribution in [3.8, 4) is 0 Å². The normalized spacial score (nSPS) is 40.4. The van der Waals surface area contributed by atoms with Crippen LogP contribution in [0.3, 0.4) is 0 Å². The standard InChI is InChI=1S/C8H14O/c1-4-5-6-8(3)7(2)9-8/h4,7H,1,5-6H2,2-3H3. The van der Waals surface area contributed by atoms with E-state index in [0.717, 1.165) is 12.8 Å². The Balaban J connectivity index is 2.20. The van der Waals surface area contributed by atoms with Gasteiger partial charge in [-0.15, -0.1) is 6.58 Å². The first-order valence-electron chi connectivity index (χ1n) is 3.48. The van der Waals surface area contributed by atoms with E-state index in [4.69, 9.17) is 4.74 Å². The lowest BCUT2D eigenvalue weighted by Crippen LogP contribution is -2.06. The van der Waals surface area contributed by atoms with Crippen LogP contribution in [0.1, 0.15) is 26.7 Å². The molecule has 0 N–H and O–H groups in total. The predicted molar refractivity (Wildman–Crippen MR) is 38.4 cm³/mol. The van der Waals surface area contributed by atoms with Crippen LogP contribution < -0.4 is 0 Å². The maximum Gasteiger partial charge on any atom is 0.0920 e. The highest BCUT2D eigenvalue weighted by atomic mass is 16.6. The molecule has 0 aliphatic carbocycles. The van der Waals surface area contributed by atoms with Gasteiger partial charge in [0.1, 0.15) is 0 Å². The summed E-state index contributed by atoms with van der Waals surface area (Å²) in [4.78, 5) is 0. The summed E-state index contributed by atoms with van der Waals surface area (Å²) in [6, 6.07) is 0. The smallest absolute Gasteiger partial charge is 0.0920 e. The highest BCUT2D eigenvalue weighted by Crippen LogP contribution is 2.39. The number of ether oxygens (including phenoxy) is 1. The highest BCUT2D eigenvalue weighted by molar-refractivity contribution is 4.96. The van der Waals surface area contributed by atoms with E-state index in [1.54, 1.807) is 0 Å². The van der Waals surface area contributed by atoms with Crippen molar-refractivity contribution in [1.29, 1.82) is 0 Å². The largest absolute Gasteiger partial charge is 0.367 e. The minimum absolute atomic E-state index is 0.189. The lowest BCUT2D eigenvalue weighted by molar-refractivity contribution is 0.300. The second kappa shape index (κ2) is 2.14. The molecule has 0 aromatic heterocycles. The molecule has 1 heteroatoms. The summed E-state index contributed by atoms with van der Waals surface area (Å²) in [6.07, 6.45) is 4.61. The molecule has 2 atom stereocenters. The molecule has 1 rings (SSSR count). The number of rotatable bonds is 3. The average molecular weight is 126 g/mol. The third-order valence-electron chi connectivity index (χ3n) is 2.09. The molecule has 0 radical (unpaired) electrons. The number of allylic oxidation sites excluding steroid dienone is 1. The third kappa shape index (κ3) is 1.33. The molecule has 0 bridgehead atoms. The fourth-order valence-electron chi connectivity index (χ4n) is 1.02. The summed E-state index contributed by atoms with van der Waals surface area (Å²) in [7, 11) is 0. The van der Waals surface area contributed by atoms with Crippen molar-refractivity contribution >= 4 is 0 Å². The minimum atomic E-state index is 0.189. The van der Waals surface area contributed by atoms with Gasteiger partial charge in [-0.05, 0) is 26.7 Å². The fourth-order valence-corrected chi connectivity index (χ4v) is 1.02. The van der Waals surface area contributed by atoms with Crippen molar-refractivity contribution in [2.75, 3.05) is 0 Å². The molecule has 0 aromatic rings. The Bertz CT molecular complexity index is 120. The first-order chi connectivity index (χ1) is 4.19. The molecular weight excluding hydrogens is 112 g/mol. The van der Waals surface area contributed by atoms with Crippen molar-refractivity contribution in [1.82, 2.24) is 0 Å². The van der Waals surface area contributed by atoms with Crippen molar-refractivity contribution in [2.45, 2.75) is 38.4 Å². The molecule has 2 unspecified atom stereocenters. The SMILES string of the molecule is C=CCCC1(C)OC1C. The first kappa shape index (κ1) is 6.81. The highest BCUT2D eigenvalue weighted by Gasteiger charge is 2.47. The summed E-state index contributed by atoms with van der Waals surface area (Å²) >= 11 is 0. The molecule has 1 aliphatic heterocycles. The number of epoxide rings is 1. The number of hydrogen-bond acceptors (Lipinski definition) is 1. The van der Waals surface area contributed by atoms with Gasteiger partial charge in [0, 0.05) is 0 Å². The number of hydrogen-bond donors (Lipinski definition) is 0. The molecular formula is C8H14O. The zero-order chi connectivity index (χ0) is 6.91. The van der Waals surface area contributed by atoms with Gasteiger partial charge in [0.2, 0.25) is 0 Å². The van der Waals surface area contributed by atoms with Crippen LogP contribution in [0, 0.1) is 0 Å². The van der Waals surface area contributed by atoms with Crippen molar-refractivity contribution in [3.63, 3.8) is 0 Å². The quantitative estimate of drug-likeness (QED) is 0.417. The maximum atomic E-state index is 5.36. The van der Waals surface area contributed by atoms with Gasteiger partial charge in [0.15, 0.2) is 0 Å². The van der Waals surface area contributed by atoms with Crippen LogP contribution in [0.15, 0.2) is 12.7 Å². The van der Waals surface area contributed by atoms with Crippen molar-refractivity contribution in [2.24, 2.45) is 0 Å². The molecule has 1 nitrogen and oxygen atoms in total. The summed E-state index contributed by atoms with van der Waals surface area (Å²) in [5, 5.41) is 0. The topological polar surface area (TPSA) is 12.5 Å². The van der Waals surface area contributed by atoms with Gasteiger partial charge in [0.05, 0.1) is 11.7 Å². The van der Waals surface area contributed by atoms with Crippen LogP contribution in [-0.4, -0.2) is 11.7 Å². The van der Waals surface area contributed by atoms with E-state index in [-0.39, 0.29) is 5.60 Å². The Labute approximate surface area is 56.7 Å². The third-order valence-corrected chi connectivity index (χ3v) is 2.09. The molecule has 0 spiro atoms. The van der Waals surface area contributed by atoms with E-state index in [9.17, 15) is 0 Å². The van der Waals surface area contributed by atoms with Crippen molar-refractivity contribution < 1.29 is 4.74 Å². The van der Waals surface area contributed by atoms with E-state index in [1.165, 1.54) is 0 Å². The van der Waals surface area contributed by atoms with Crippen LogP contribution >= 0.6 is 0 Å². The maximum absolute atomic E-state index is 5.36. The van der Waals surface area contributed by atoms with Gasteiger partial charge in [-0.1, -0.05) is 6.08 Å². The van der Waals surface area contributed by atoms with Gasteiger partial charge in [0.25, 0.3) is 0 Å². The van der Waals surface area contributed by atoms with E-state index in [1.807, 2.05) is 6.08 Å². The lowest BCUT2D eigenvalue weighted by Gasteiger charge is -1.99. The average Bonchev–Trinajstić information content (AvgIpc) is 2.38. The molecule has 1 saturated heterocycles. The Kier molecular flexibility index (Phi) is 1.62. The van der Waals surface area contributed by atoms with Gasteiger partial charge >= 0.3 is 0 Å². The summed E-state index contributed by atoms with van der Waals surface area (Å²) < 4.78 is 5.36. The van der Waals surface area contributed by atoms with Crippen LogP contribution in [0.2, 0.25) is 0 Å². The predicted octanol–water partition coefficient (Wildman–Crippen LogP) is 2.13. The van der Waals surface area contributed by atoms with Gasteiger partial charge < -0.3 is 4.74 Å². The Hall–Kier alpha value is -0.300. The van der Waals surface area contributed by atoms with Crippen molar-refractivity contribution in [3.05, 3.63) is 12.7 Å². The summed E-state index contributed by atoms with van der Waals surface area (Å²) in [6.45, 7) is 7.93. The Morgan fingerprint density at radius 3 is 2.67 bits per heavy atom. The fraction of sp³-hybridized carbons (Fsp3) is 0.750. The second-order valence-electron chi connectivity index (χ2n) is 2.90. The van der Waals surface area contributed by atoms with E-state index in [2.05, 4.69) is 20.4 Å². The second-order valence-corrected chi connectivity index (χ2v) is 2.90. The zero-order valence-electron chi connectivity index (χ0n) is 6.18. The zero-order valence-corrected chi connectivity index (χ0v) is 6.18. The van der Waals surface area contributed by atoms with Gasteiger partial charge in [-0.2, -0.15) is 0 Å². The van der Waals surface area contributed by atoms with E-state index < -0.39 is 0 Å². The van der Waals surface area contributed by atoms with Gasteiger partial charge in [-0.3, -0.25) is 0 Å². The van der Waals surface area contributed by atoms with Crippen LogP contribution in [0.4, 0.5) is 0 Å². The molecule has 1 heterocycles. The van der Waals surface area contributed by atoms with Crippen LogP contribution in [0.25, 0.3) is 0 Å². The van der Waals surface area contributed by atoms with E-state index >= 15 is 0 Å². The molecule has 52 valence electrons.